The molecule has 0 saturated carbocycles. The maximum Gasteiger partial charge on any atom is 0.411 e. The zero-order valence-electron chi connectivity index (χ0n) is 17.0. The summed E-state index contributed by atoms with van der Waals surface area (Å²) in [6, 6.07) is 11.4. The van der Waals surface area contributed by atoms with Gasteiger partial charge in [-0.25, -0.2) is 4.79 Å². The third-order valence-electron chi connectivity index (χ3n) is 5.08. The quantitative estimate of drug-likeness (QED) is 0.665. The Morgan fingerprint density at radius 3 is 2.69 bits per heavy atom. The second kappa shape index (κ2) is 10.8. The summed E-state index contributed by atoms with van der Waals surface area (Å²) in [5.74, 6) is 0. The summed E-state index contributed by atoms with van der Waals surface area (Å²) in [7, 11) is 0. The number of piperazine rings is 1. The molecule has 1 atom stereocenters. The summed E-state index contributed by atoms with van der Waals surface area (Å²) in [6.45, 7) is 6.64. The van der Waals surface area contributed by atoms with Crippen LogP contribution >= 0.6 is 0 Å². The van der Waals surface area contributed by atoms with Gasteiger partial charge < -0.3 is 14.7 Å². The summed E-state index contributed by atoms with van der Waals surface area (Å²) < 4.78 is 5.13. The monoisotopic (exact) mass is 398 g/mol. The number of amides is 1. The first-order chi connectivity index (χ1) is 14.2. The van der Waals surface area contributed by atoms with Crippen molar-refractivity contribution in [2.24, 2.45) is 0 Å². The number of carbonyl (C=O) groups excluding carboxylic acids is 1. The maximum atomic E-state index is 11.8. The lowest BCUT2D eigenvalue weighted by Crippen LogP contribution is -2.47. The Labute approximate surface area is 172 Å². The van der Waals surface area contributed by atoms with Gasteiger partial charge in [-0.2, -0.15) is 0 Å². The summed E-state index contributed by atoms with van der Waals surface area (Å²) in [4.78, 5) is 20.5. The van der Waals surface area contributed by atoms with Gasteiger partial charge in [-0.05, 0) is 36.2 Å². The fourth-order valence-electron chi connectivity index (χ4n) is 3.38. The van der Waals surface area contributed by atoms with E-state index in [0.717, 1.165) is 44.6 Å². The van der Waals surface area contributed by atoms with Crippen LogP contribution in [0.3, 0.4) is 0 Å². The molecular formula is C22H30N4O3. The molecule has 1 saturated heterocycles. The number of hydrogen-bond donors (Lipinski definition) is 2. The van der Waals surface area contributed by atoms with Crippen molar-refractivity contribution < 1.29 is 14.6 Å². The molecule has 156 valence electrons. The first-order valence-corrected chi connectivity index (χ1v) is 10.2. The molecule has 0 bridgehead atoms. The van der Waals surface area contributed by atoms with Crippen molar-refractivity contribution in [1.82, 2.24) is 9.88 Å². The summed E-state index contributed by atoms with van der Waals surface area (Å²) in [5.41, 5.74) is 2.60. The van der Waals surface area contributed by atoms with E-state index < -0.39 is 12.2 Å². The number of aromatic nitrogens is 1. The second-order valence-corrected chi connectivity index (χ2v) is 7.25. The molecule has 2 aromatic rings. The van der Waals surface area contributed by atoms with Crippen molar-refractivity contribution in [3.8, 4) is 0 Å². The van der Waals surface area contributed by atoms with Crippen LogP contribution in [0.1, 0.15) is 31.4 Å². The number of unbranched alkanes of at least 4 members (excludes halogenated alkanes) is 1. The number of ether oxygens (including phenoxy) is 1. The lowest BCUT2D eigenvalue weighted by molar-refractivity contribution is 0.109. The number of nitrogens with zero attached hydrogens (tertiary/aromatic N) is 3. The summed E-state index contributed by atoms with van der Waals surface area (Å²) >= 11 is 0. The fourth-order valence-corrected chi connectivity index (χ4v) is 3.38. The fraction of sp³-hybridized carbons (Fsp3) is 0.455. The number of rotatable bonds is 8. The Bertz CT molecular complexity index is 764. The van der Waals surface area contributed by atoms with Crippen molar-refractivity contribution in [2.75, 3.05) is 49.5 Å². The highest BCUT2D eigenvalue weighted by molar-refractivity contribution is 5.84. The SMILES string of the molecule is CCCCOC(=O)Nc1cccc(C(O)CN2CCN(c3ccncc3)CC2)c1. The van der Waals surface area contributed by atoms with Crippen molar-refractivity contribution in [1.29, 1.82) is 0 Å². The van der Waals surface area contributed by atoms with Crippen molar-refractivity contribution in [2.45, 2.75) is 25.9 Å². The van der Waals surface area contributed by atoms with E-state index in [1.165, 1.54) is 5.69 Å². The Balaban J connectivity index is 1.48. The number of nitrogens with one attached hydrogen (secondary N) is 1. The van der Waals surface area contributed by atoms with Crippen LogP contribution in [0.5, 0.6) is 0 Å². The Morgan fingerprint density at radius 1 is 1.21 bits per heavy atom. The smallest absolute Gasteiger partial charge is 0.411 e. The molecule has 0 aliphatic carbocycles. The Kier molecular flexibility index (Phi) is 7.84. The standard InChI is InChI=1S/C22H30N4O3/c1-2-3-15-29-22(28)24-19-6-4-5-18(16-19)21(27)17-25-11-13-26(14-12-25)20-7-9-23-10-8-20/h4-10,16,21,27H,2-3,11-15,17H2,1H3,(H,24,28). The van der Waals surface area contributed by atoms with Crippen LogP contribution in [0.15, 0.2) is 48.8 Å². The van der Waals surface area contributed by atoms with Crippen molar-refractivity contribution >= 4 is 17.5 Å². The van der Waals surface area contributed by atoms with E-state index in [2.05, 4.69) is 20.1 Å². The molecule has 0 radical (unpaired) electrons. The molecular weight excluding hydrogens is 368 g/mol. The van der Waals surface area contributed by atoms with Gasteiger partial charge in [0.15, 0.2) is 0 Å². The molecule has 7 heteroatoms. The summed E-state index contributed by atoms with van der Waals surface area (Å²) in [6.07, 6.45) is 4.38. The van der Waals surface area contributed by atoms with Crippen LogP contribution < -0.4 is 10.2 Å². The molecule has 7 nitrogen and oxygen atoms in total. The lowest BCUT2D eigenvalue weighted by atomic mass is 10.1. The van der Waals surface area contributed by atoms with Crippen LogP contribution in [0, 0.1) is 0 Å². The van der Waals surface area contributed by atoms with E-state index in [1.54, 1.807) is 12.1 Å². The van der Waals surface area contributed by atoms with E-state index in [9.17, 15) is 9.90 Å². The first kappa shape index (κ1) is 21.1. The third kappa shape index (κ3) is 6.44. The highest BCUT2D eigenvalue weighted by Gasteiger charge is 2.20. The van der Waals surface area contributed by atoms with Crippen molar-refractivity contribution in [3.05, 3.63) is 54.4 Å². The predicted molar refractivity (Wildman–Crippen MR) is 114 cm³/mol. The van der Waals surface area contributed by atoms with Gasteiger partial charge in [0.05, 0.1) is 12.7 Å². The number of pyridine rings is 1. The second-order valence-electron chi connectivity index (χ2n) is 7.25. The molecule has 1 aliphatic heterocycles. The molecule has 2 heterocycles. The number of carbonyl (C=O) groups is 1. The number of benzene rings is 1. The van der Waals surface area contributed by atoms with Crippen LogP contribution in [-0.4, -0.2) is 60.4 Å². The minimum atomic E-state index is -0.611. The zero-order valence-corrected chi connectivity index (χ0v) is 17.0. The molecule has 0 spiro atoms. The molecule has 2 N–H and O–H groups in total. The lowest BCUT2D eigenvalue weighted by Gasteiger charge is -2.36. The molecule has 1 amide bonds. The van der Waals surface area contributed by atoms with Gasteiger partial charge in [0.1, 0.15) is 0 Å². The normalized spacial score (nSPS) is 15.7. The molecule has 1 unspecified atom stereocenters. The maximum absolute atomic E-state index is 11.8. The Hall–Kier alpha value is -2.64. The topological polar surface area (TPSA) is 77.9 Å². The largest absolute Gasteiger partial charge is 0.449 e. The van der Waals surface area contributed by atoms with Gasteiger partial charge >= 0.3 is 6.09 Å². The van der Waals surface area contributed by atoms with E-state index in [0.29, 0.717) is 18.8 Å². The van der Waals surface area contributed by atoms with Gasteiger partial charge in [0, 0.05) is 56.5 Å². The van der Waals surface area contributed by atoms with Gasteiger partial charge in [0.25, 0.3) is 0 Å². The number of anilines is 2. The highest BCUT2D eigenvalue weighted by Crippen LogP contribution is 2.21. The van der Waals surface area contributed by atoms with Gasteiger partial charge in [-0.15, -0.1) is 0 Å². The highest BCUT2D eigenvalue weighted by atomic mass is 16.5. The van der Waals surface area contributed by atoms with Crippen molar-refractivity contribution in [3.63, 3.8) is 0 Å². The molecule has 1 fully saturated rings. The van der Waals surface area contributed by atoms with Gasteiger partial charge in [-0.3, -0.25) is 15.2 Å². The predicted octanol–water partition coefficient (Wildman–Crippen LogP) is 3.29. The number of β-amino-alcohol motifs (C(OH)–C–C–N with tert-alkyl or cyclic N) is 1. The number of aliphatic hydroxyl groups is 1. The van der Waals surface area contributed by atoms with Crippen LogP contribution in [-0.2, 0) is 4.74 Å². The number of aliphatic hydroxyl groups excluding tert-OH is 1. The average molecular weight is 399 g/mol. The molecule has 1 aliphatic rings. The van der Waals surface area contributed by atoms with E-state index in [1.807, 2.05) is 43.6 Å². The van der Waals surface area contributed by atoms with E-state index >= 15 is 0 Å². The average Bonchev–Trinajstić information content (AvgIpc) is 2.75. The Morgan fingerprint density at radius 2 is 1.97 bits per heavy atom. The zero-order chi connectivity index (χ0) is 20.5. The first-order valence-electron chi connectivity index (χ1n) is 10.2. The van der Waals surface area contributed by atoms with Crippen LogP contribution in [0.4, 0.5) is 16.2 Å². The van der Waals surface area contributed by atoms with Crippen LogP contribution in [0.25, 0.3) is 0 Å². The van der Waals surface area contributed by atoms with Gasteiger partial charge in [-0.1, -0.05) is 25.5 Å². The number of hydrogen-bond acceptors (Lipinski definition) is 6. The molecule has 1 aromatic carbocycles. The van der Waals surface area contributed by atoms with Gasteiger partial charge in [0.2, 0.25) is 0 Å². The minimum absolute atomic E-state index is 0.413. The van der Waals surface area contributed by atoms with E-state index in [-0.39, 0.29) is 0 Å². The molecule has 29 heavy (non-hydrogen) atoms. The van der Waals surface area contributed by atoms with E-state index in [4.69, 9.17) is 4.74 Å². The molecule has 1 aromatic heterocycles. The third-order valence-corrected chi connectivity index (χ3v) is 5.08. The van der Waals surface area contributed by atoms with Crippen LogP contribution in [0.2, 0.25) is 0 Å². The minimum Gasteiger partial charge on any atom is -0.449 e. The summed E-state index contributed by atoms with van der Waals surface area (Å²) in [5, 5.41) is 13.4. The molecule has 3 rings (SSSR count).